The fourth-order valence-corrected chi connectivity index (χ4v) is 3.58. The van der Waals surface area contributed by atoms with Crippen molar-refractivity contribution in [2.24, 2.45) is 0 Å². The molecular weight excluding hydrogens is 430 g/mol. The van der Waals surface area contributed by atoms with E-state index in [1.54, 1.807) is 12.3 Å². The summed E-state index contributed by atoms with van der Waals surface area (Å²) in [6, 6.07) is 11.1. The standard InChI is InChI=1S/C26H37N5O3/c1-20(34-26(2,3)4)29-22-8-5-6-9-23(22)30-25(32)24-11-10-21(19-28-24)18-27-12-7-13-31-14-16-33-17-15-31/h5-6,8-11,19,27,29H,1,7,12-18H2,2-4H3,(H,30,32). The molecule has 3 N–H and O–H groups in total. The van der Waals surface area contributed by atoms with Crippen LogP contribution in [0.4, 0.5) is 11.4 Å². The highest BCUT2D eigenvalue weighted by atomic mass is 16.5. The normalized spacial score (nSPS) is 14.4. The highest BCUT2D eigenvalue weighted by molar-refractivity contribution is 6.04. The number of para-hydroxylation sites is 2. The Hall–Kier alpha value is -2.94. The van der Waals surface area contributed by atoms with Crippen LogP contribution in [0.25, 0.3) is 0 Å². The first kappa shape index (κ1) is 25.7. The summed E-state index contributed by atoms with van der Waals surface area (Å²) in [6.07, 6.45) is 2.83. The maximum Gasteiger partial charge on any atom is 0.274 e. The molecule has 0 atom stereocenters. The number of nitrogens with one attached hydrogen (secondary N) is 3. The number of morpholine rings is 1. The second-order valence-electron chi connectivity index (χ2n) is 9.30. The van der Waals surface area contributed by atoms with Crippen molar-refractivity contribution in [3.05, 3.63) is 66.3 Å². The molecule has 0 bridgehead atoms. The molecule has 0 spiro atoms. The van der Waals surface area contributed by atoms with Gasteiger partial charge in [-0.3, -0.25) is 14.7 Å². The highest BCUT2D eigenvalue weighted by Crippen LogP contribution is 2.24. The second kappa shape index (κ2) is 12.5. The van der Waals surface area contributed by atoms with Crippen molar-refractivity contribution in [1.82, 2.24) is 15.2 Å². The van der Waals surface area contributed by atoms with Crippen LogP contribution < -0.4 is 16.0 Å². The lowest BCUT2D eigenvalue weighted by Gasteiger charge is -2.26. The number of aromatic nitrogens is 1. The third kappa shape index (κ3) is 8.78. The number of benzene rings is 1. The lowest BCUT2D eigenvalue weighted by atomic mass is 10.2. The summed E-state index contributed by atoms with van der Waals surface area (Å²) in [5, 5.41) is 9.48. The first-order chi connectivity index (χ1) is 16.3. The topological polar surface area (TPSA) is 87.8 Å². The minimum Gasteiger partial charge on any atom is -0.474 e. The monoisotopic (exact) mass is 467 g/mol. The van der Waals surface area contributed by atoms with Crippen LogP contribution in [0.2, 0.25) is 0 Å². The number of ether oxygens (including phenoxy) is 2. The molecule has 1 saturated heterocycles. The number of hydrogen-bond donors (Lipinski definition) is 3. The van der Waals surface area contributed by atoms with E-state index in [1.165, 1.54) is 0 Å². The smallest absolute Gasteiger partial charge is 0.274 e. The van der Waals surface area contributed by atoms with Gasteiger partial charge in [0.15, 0.2) is 5.88 Å². The van der Waals surface area contributed by atoms with Crippen molar-refractivity contribution >= 4 is 17.3 Å². The molecule has 0 saturated carbocycles. The molecular formula is C26H37N5O3. The van der Waals surface area contributed by atoms with Crippen LogP contribution in [0.3, 0.4) is 0 Å². The zero-order valence-electron chi connectivity index (χ0n) is 20.5. The summed E-state index contributed by atoms with van der Waals surface area (Å²) in [5.41, 5.74) is 2.35. The first-order valence-corrected chi connectivity index (χ1v) is 11.8. The van der Waals surface area contributed by atoms with E-state index < -0.39 is 0 Å². The molecule has 3 rings (SSSR count). The fraction of sp³-hybridized carbons (Fsp3) is 0.462. The molecule has 1 aliphatic heterocycles. The Morgan fingerprint density at radius 2 is 1.82 bits per heavy atom. The van der Waals surface area contributed by atoms with Crippen LogP contribution in [0.15, 0.2) is 55.1 Å². The molecule has 1 aromatic heterocycles. The van der Waals surface area contributed by atoms with Crippen molar-refractivity contribution < 1.29 is 14.3 Å². The Balaban J connectivity index is 1.46. The van der Waals surface area contributed by atoms with Gasteiger partial charge in [0, 0.05) is 25.8 Å². The molecule has 0 radical (unpaired) electrons. The van der Waals surface area contributed by atoms with Gasteiger partial charge in [-0.1, -0.05) is 18.2 Å². The molecule has 1 fully saturated rings. The predicted octanol–water partition coefficient (Wildman–Crippen LogP) is 3.84. The molecule has 1 aromatic carbocycles. The van der Waals surface area contributed by atoms with Gasteiger partial charge in [-0.2, -0.15) is 0 Å². The van der Waals surface area contributed by atoms with Gasteiger partial charge in [-0.15, -0.1) is 0 Å². The Morgan fingerprint density at radius 3 is 2.47 bits per heavy atom. The van der Waals surface area contributed by atoms with Gasteiger partial charge >= 0.3 is 0 Å². The van der Waals surface area contributed by atoms with Crippen LogP contribution >= 0.6 is 0 Å². The molecule has 8 nitrogen and oxygen atoms in total. The number of amides is 1. The minimum atomic E-state index is -0.370. The van der Waals surface area contributed by atoms with Crippen LogP contribution in [0.1, 0.15) is 43.2 Å². The number of anilines is 2. The lowest BCUT2D eigenvalue weighted by Crippen LogP contribution is -2.37. The van der Waals surface area contributed by atoms with Gasteiger partial charge in [0.1, 0.15) is 11.3 Å². The molecule has 0 aliphatic carbocycles. The Labute approximate surface area is 202 Å². The van der Waals surface area contributed by atoms with E-state index >= 15 is 0 Å². The van der Waals surface area contributed by atoms with E-state index in [-0.39, 0.29) is 11.5 Å². The molecule has 0 unspecified atom stereocenters. The predicted molar refractivity (Wildman–Crippen MR) is 136 cm³/mol. The Bertz CT molecular complexity index is 934. The Kier molecular flexibility index (Phi) is 9.44. The molecule has 8 heteroatoms. The maximum atomic E-state index is 12.8. The van der Waals surface area contributed by atoms with Crippen molar-refractivity contribution in [3.63, 3.8) is 0 Å². The lowest BCUT2D eigenvalue weighted by molar-refractivity contribution is 0.0374. The fourth-order valence-electron chi connectivity index (χ4n) is 3.58. The summed E-state index contributed by atoms with van der Waals surface area (Å²) in [7, 11) is 0. The van der Waals surface area contributed by atoms with Gasteiger partial charge in [0.2, 0.25) is 0 Å². The molecule has 184 valence electrons. The van der Waals surface area contributed by atoms with Gasteiger partial charge in [-0.25, -0.2) is 0 Å². The van der Waals surface area contributed by atoms with Gasteiger partial charge in [0.25, 0.3) is 5.91 Å². The quantitative estimate of drug-likeness (QED) is 0.342. The molecule has 1 aliphatic rings. The average Bonchev–Trinajstić information content (AvgIpc) is 2.80. The van der Waals surface area contributed by atoms with Gasteiger partial charge in [-0.05, 0) is 70.6 Å². The summed E-state index contributed by atoms with van der Waals surface area (Å²) in [4.78, 5) is 19.5. The van der Waals surface area contributed by atoms with E-state index in [2.05, 4.69) is 32.4 Å². The highest BCUT2D eigenvalue weighted by Gasteiger charge is 2.15. The van der Waals surface area contributed by atoms with E-state index in [9.17, 15) is 4.79 Å². The van der Waals surface area contributed by atoms with Crippen LogP contribution in [0, 0.1) is 0 Å². The zero-order valence-corrected chi connectivity index (χ0v) is 20.5. The number of carbonyl (C=O) groups is 1. The molecule has 34 heavy (non-hydrogen) atoms. The maximum absolute atomic E-state index is 12.8. The average molecular weight is 468 g/mol. The van der Waals surface area contributed by atoms with E-state index in [1.807, 2.05) is 51.1 Å². The third-order valence-electron chi connectivity index (χ3n) is 5.20. The number of hydrogen-bond acceptors (Lipinski definition) is 7. The zero-order chi connectivity index (χ0) is 24.4. The van der Waals surface area contributed by atoms with Crippen molar-refractivity contribution in [1.29, 1.82) is 0 Å². The van der Waals surface area contributed by atoms with E-state index in [0.717, 1.165) is 57.9 Å². The second-order valence-corrected chi connectivity index (χ2v) is 9.30. The van der Waals surface area contributed by atoms with Gasteiger partial charge < -0.3 is 25.4 Å². The van der Waals surface area contributed by atoms with Crippen LogP contribution in [-0.2, 0) is 16.0 Å². The number of rotatable bonds is 11. The van der Waals surface area contributed by atoms with E-state index in [4.69, 9.17) is 9.47 Å². The molecule has 2 aromatic rings. The number of nitrogens with zero attached hydrogens (tertiary/aromatic N) is 2. The van der Waals surface area contributed by atoms with Crippen LogP contribution in [0.5, 0.6) is 0 Å². The number of pyridine rings is 1. The van der Waals surface area contributed by atoms with Crippen LogP contribution in [-0.4, -0.2) is 60.8 Å². The van der Waals surface area contributed by atoms with Crippen molar-refractivity contribution in [2.75, 3.05) is 50.0 Å². The molecule has 1 amide bonds. The van der Waals surface area contributed by atoms with Crippen molar-refractivity contribution in [3.8, 4) is 0 Å². The summed E-state index contributed by atoms with van der Waals surface area (Å²) >= 11 is 0. The SMILES string of the molecule is C=C(Nc1ccccc1NC(=O)c1ccc(CNCCCN2CCOCC2)cn1)OC(C)(C)C. The number of carbonyl (C=O) groups excluding carboxylic acids is 1. The van der Waals surface area contributed by atoms with Gasteiger partial charge in [0.05, 0.1) is 24.6 Å². The summed E-state index contributed by atoms with van der Waals surface area (Å²) in [5.74, 6) is 0.135. The Morgan fingerprint density at radius 1 is 1.12 bits per heavy atom. The van der Waals surface area contributed by atoms with Crippen molar-refractivity contribution in [2.45, 2.75) is 39.3 Å². The van der Waals surface area contributed by atoms with E-state index in [0.29, 0.717) is 23.0 Å². The summed E-state index contributed by atoms with van der Waals surface area (Å²) in [6.45, 7) is 16.2. The molecule has 2 heterocycles. The summed E-state index contributed by atoms with van der Waals surface area (Å²) < 4.78 is 11.1. The minimum absolute atomic E-state index is 0.276. The third-order valence-corrected chi connectivity index (χ3v) is 5.20. The first-order valence-electron chi connectivity index (χ1n) is 11.8. The largest absolute Gasteiger partial charge is 0.474 e.